The molecule has 1 atom stereocenters. The normalized spacial score (nSPS) is 18.4. The summed E-state index contributed by atoms with van der Waals surface area (Å²) in [6.07, 6.45) is 3.06. The highest BCUT2D eigenvalue weighted by atomic mass is 15.1. The first kappa shape index (κ1) is 12.4. The molecule has 19 heavy (non-hydrogen) atoms. The van der Waals surface area contributed by atoms with Crippen LogP contribution in [0.5, 0.6) is 0 Å². The SMILES string of the molecule is CCn1cnc2c1CCNC2c1cc(C)ccc1C. The molecule has 0 saturated carbocycles. The van der Waals surface area contributed by atoms with Gasteiger partial charge in [0.15, 0.2) is 0 Å². The molecule has 100 valence electrons. The number of rotatable bonds is 2. The van der Waals surface area contributed by atoms with Gasteiger partial charge in [-0.25, -0.2) is 4.98 Å². The number of hydrogen-bond donors (Lipinski definition) is 1. The molecule has 0 bridgehead atoms. The van der Waals surface area contributed by atoms with E-state index in [1.807, 2.05) is 6.33 Å². The van der Waals surface area contributed by atoms with Crippen molar-refractivity contribution in [3.8, 4) is 0 Å². The Kier molecular flexibility index (Phi) is 3.15. The predicted molar refractivity (Wildman–Crippen MR) is 77.4 cm³/mol. The van der Waals surface area contributed by atoms with Gasteiger partial charge in [-0.05, 0) is 31.9 Å². The maximum atomic E-state index is 4.66. The van der Waals surface area contributed by atoms with E-state index in [4.69, 9.17) is 0 Å². The average Bonchev–Trinajstić information content (AvgIpc) is 2.84. The van der Waals surface area contributed by atoms with Crippen molar-refractivity contribution in [1.82, 2.24) is 14.9 Å². The van der Waals surface area contributed by atoms with Crippen LogP contribution in [0.3, 0.4) is 0 Å². The first-order chi connectivity index (χ1) is 9.20. The van der Waals surface area contributed by atoms with E-state index in [9.17, 15) is 0 Å². The Labute approximate surface area is 114 Å². The van der Waals surface area contributed by atoms with Gasteiger partial charge >= 0.3 is 0 Å². The van der Waals surface area contributed by atoms with Crippen molar-refractivity contribution in [2.75, 3.05) is 6.54 Å². The van der Waals surface area contributed by atoms with Gasteiger partial charge in [0.05, 0.1) is 18.1 Å². The predicted octanol–water partition coefficient (Wildman–Crippen LogP) is 2.75. The molecular formula is C16H21N3. The summed E-state index contributed by atoms with van der Waals surface area (Å²) >= 11 is 0. The lowest BCUT2D eigenvalue weighted by Gasteiger charge is -2.26. The standard InChI is InChI=1S/C16H21N3/c1-4-19-10-18-16-14(19)7-8-17-15(16)13-9-11(2)5-6-12(13)3/h5-6,9-10,15,17H,4,7-8H2,1-3H3. The first-order valence-corrected chi connectivity index (χ1v) is 7.05. The summed E-state index contributed by atoms with van der Waals surface area (Å²) in [6, 6.07) is 6.91. The Morgan fingerprint density at radius 2 is 2.21 bits per heavy atom. The highest BCUT2D eigenvalue weighted by Crippen LogP contribution is 2.30. The molecule has 3 heteroatoms. The van der Waals surface area contributed by atoms with Gasteiger partial charge in [0.25, 0.3) is 0 Å². The summed E-state index contributed by atoms with van der Waals surface area (Å²) in [5.41, 5.74) is 6.61. The fraction of sp³-hybridized carbons (Fsp3) is 0.438. The Bertz CT molecular complexity index is 598. The quantitative estimate of drug-likeness (QED) is 0.894. The van der Waals surface area contributed by atoms with Gasteiger partial charge in [0.2, 0.25) is 0 Å². The molecule has 1 unspecified atom stereocenters. The first-order valence-electron chi connectivity index (χ1n) is 7.05. The summed E-state index contributed by atoms with van der Waals surface area (Å²) < 4.78 is 2.27. The Morgan fingerprint density at radius 3 is 3.00 bits per heavy atom. The van der Waals surface area contributed by atoms with Crippen molar-refractivity contribution in [3.05, 3.63) is 52.6 Å². The van der Waals surface area contributed by atoms with E-state index in [0.717, 1.165) is 19.5 Å². The van der Waals surface area contributed by atoms with Gasteiger partial charge < -0.3 is 9.88 Å². The van der Waals surface area contributed by atoms with Crippen molar-refractivity contribution in [2.45, 2.75) is 39.8 Å². The van der Waals surface area contributed by atoms with Gasteiger partial charge in [0, 0.05) is 25.2 Å². The number of aromatic nitrogens is 2. The number of benzene rings is 1. The topological polar surface area (TPSA) is 29.9 Å². The molecule has 0 fully saturated rings. The van der Waals surface area contributed by atoms with Crippen LogP contribution in [0.1, 0.15) is 41.0 Å². The van der Waals surface area contributed by atoms with E-state index in [0.29, 0.717) is 0 Å². The van der Waals surface area contributed by atoms with E-state index in [2.05, 4.69) is 53.8 Å². The summed E-state index contributed by atoms with van der Waals surface area (Å²) in [6.45, 7) is 8.54. The average molecular weight is 255 g/mol. The lowest BCUT2D eigenvalue weighted by Crippen LogP contribution is -2.32. The molecule has 1 N–H and O–H groups in total. The van der Waals surface area contributed by atoms with Gasteiger partial charge in [0.1, 0.15) is 0 Å². The second-order valence-corrected chi connectivity index (χ2v) is 5.36. The molecule has 1 aromatic heterocycles. The lowest BCUT2D eigenvalue weighted by molar-refractivity contribution is 0.536. The molecule has 1 aliphatic rings. The van der Waals surface area contributed by atoms with Crippen LogP contribution < -0.4 is 5.32 Å². The number of fused-ring (bicyclic) bond motifs is 1. The molecule has 3 nitrogen and oxygen atoms in total. The summed E-state index contributed by atoms with van der Waals surface area (Å²) in [4.78, 5) is 4.66. The monoisotopic (exact) mass is 255 g/mol. The third kappa shape index (κ3) is 2.08. The Hall–Kier alpha value is -1.61. The second kappa shape index (κ2) is 4.82. The zero-order valence-corrected chi connectivity index (χ0v) is 11.9. The highest BCUT2D eigenvalue weighted by molar-refractivity contribution is 5.39. The van der Waals surface area contributed by atoms with Crippen LogP contribution in [0.2, 0.25) is 0 Å². The third-order valence-electron chi connectivity index (χ3n) is 4.05. The van der Waals surface area contributed by atoms with Crippen molar-refractivity contribution < 1.29 is 0 Å². The van der Waals surface area contributed by atoms with E-state index in [1.54, 1.807) is 0 Å². The molecule has 2 aromatic rings. The molecule has 0 amide bonds. The number of imidazole rings is 1. The number of nitrogens with one attached hydrogen (secondary N) is 1. The van der Waals surface area contributed by atoms with Crippen LogP contribution in [0, 0.1) is 13.8 Å². The zero-order valence-electron chi connectivity index (χ0n) is 11.9. The van der Waals surface area contributed by atoms with E-state index in [1.165, 1.54) is 28.1 Å². The minimum atomic E-state index is 0.247. The third-order valence-corrected chi connectivity index (χ3v) is 4.05. The maximum absolute atomic E-state index is 4.66. The van der Waals surface area contributed by atoms with Crippen molar-refractivity contribution in [1.29, 1.82) is 0 Å². The summed E-state index contributed by atoms with van der Waals surface area (Å²) in [5.74, 6) is 0. The number of aryl methyl sites for hydroxylation is 3. The van der Waals surface area contributed by atoms with Crippen LogP contribution in [0.4, 0.5) is 0 Å². The molecule has 0 spiro atoms. The zero-order chi connectivity index (χ0) is 13.4. The van der Waals surface area contributed by atoms with Gasteiger partial charge in [-0.3, -0.25) is 0 Å². The lowest BCUT2D eigenvalue weighted by atomic mass is 9.93. The molecule has 3 rings (SSSR count). The fourth-order valence-corrected chi connectivity index (χ4v) is 2.97. The minimum absolute atomic E-state index is 0.247. The minimum Gasteiger partial charge on any atom is -0.334 e. The maximum Gasteiger partial charge on any atom is 0.0952 e. The molecule has 0 radical (unpaired) electrons. The molecule has 0 saturated heterocycles. The van der Waals surface area contributed by atoms with E-state index >= 15 is 0 Å². The molecule has 0 aliphatic carbocycles. The Morgan fingerprint density at radius 1 is 1.37 bits per heavy atom. The molecule has 1 aliphatic heterocycles. The van der Waals surface area contributed by atoms with Gasteiger partial charge in [-0.1, -0.05) is 23.8 Å². The van der Waals surface area contributed by atoms with Crippen LogP contribution >= 0.6 is 0 Å². The summed E-state index contributed by atoms with van der Waals surface area (Å²) in [5, 5.41) is 3.62. The smallest absolute Gasteiger partial charge is 0.0952 e. The van der Waals surface area contributed by atoms with Crippen molar-refractivity contribution in [2.24, 2.45) is 0 Å². The van der Waals surface area contributed by atoms with Crippen LogP contribution in [0.15, 0.2) is 24.5 Å². The van der Waals surface area contributed by atoms with Crippen LogP contribution in [-0.4, -0.2) is 16.1 Å². The van der Waals surface area contributed by atoms with Crippen LogP contribution in [-0.2, 0) is 13.0 Å². The largest absolute Gasteiger partial charge is 0.334 e. The Balaban J connectivity index is 2.08. The summed E-state index contributed by atoms with van der Waals surface area (Å²) in [7, 11) is 0. The number of nitrogens with zero attached hydrogens (tertiary/aromatic N) is 2. The van der Waals surface area contributed by atoms with Crippen molar-refractivity contribution >= 4 is 0 Å². The molecular weight excluding hydrogens is 234 g/mol. The van der Waals surface area contributed by atoms with E-state index in [-0.39, 0.29) is 6.04 Å². The molecule has 2 heterocycles. The second-order valence-electron chi connectivity index (χ2n) is 5.36. The molecule has 1 aromatic carbocycles. The van der Waals surface area contributed by atoms with Gasteiger partial charge in [-0.15, -0.1) is 0 Å². The van der Waals surface area contributed by atoms with Gasteiger partial charge in [-0.2, -0.15) is 0 Å². The number of hydrogen-bond acceptors (Lipinski definition) is 2. The van der Waals surface area contributed by atoms with E-state index < -0.39 is 0 Å². The van der Waals surface area contributed by atoms with Crippen LogP contribution in [0.25, 0.3) is 0 Å². The fourth-order valence-electron chi connectivity index (χ4n) is 2.97. The van der Waals surface area contributed by atoms with Crippen molar-refractivity contribution in [3.63, 3.8) is 0 Å². The highest BCUT2D eigenvalue weighted by Gasteiger charge is 2.26.